The normalized spacial score (nSPS) is 13.7. The van der Waals surface area contributed by atoms with Crippen LogP contribution in [0.15, 0.2) is 108 Å². The summed E-state index contributed by atoms with van der Waals surface area (Å²) in [6.07, 6.45) is 1.77. The van der Waals surface area contributed by atoms with Crippen molar-refractivity contribution in [1.29, 1.82) is 0 Å². The number of rotatable bonds is 3. The summed E-state index contributed by atoms with van der Waals surface area (Å²) in [5, 5.41) is 5.82. The maximum Gasteiger partial charge on any atom is 0.227 e. The van der Waals surface area contributed by atoms with Crippen LogP contribution in [-0.4, -0.2) is 4.98 Å². The topological polar surface area (TPSA) is 38.1 Å². The molecule has 6 aromatic rings. The maximum absolute atomic E-state index is 6.14. The number of hydrogen-bond donors (Lipinski definition) is 1. The number of anilines is 2. The van der Waals surface area contributed by atoms with Crippen LogP contribution in [-0.2, 0) is 5.41 Å². The second-order valence-corrected chi connectivity index (χ2v) is 9.74. The predicted octanol–water partition coefficient (Wildman–Crippen LogP) is 8.70. The number of aromatic nitrogens is 1. The number of nitrogens with one attached hydrogen (secondary N) is 1. The molecule has 2 aromatic heterocycles. The molecule has 2 heterocycles. The van der Waals surface area contributed by atoms with Crippen LogP contribution in [0.1, 0.15) is 25.0 Å². The molecule has 1 aliphatic carbocycles. The average molecular weight is 453 g/mol. The van der Waals surface area contributed by atoms with Crippen molar-refractivity contribution in [2.75, 3.05) is 5.32 Å². The molecule has 0 amide bonds. The summed E-state index contributed by atoms with van der Waals surface area (Å²) < 4.78 is 6.14. The van der Waals surface area contributed by atoms with E-state index in [-0.39, 0.29) is 5.41 Å². The smallest absolute Gasteiger partial charge is 0.227 e. The highest BCUT2D eigenvalue weighted by atomic mass is 16.3. The fraction of sp³-hybridized carbons (Fsp3) is 0.0938. The molecule has 0 atom stereocenters. The average Bonchev–Trinajstić information content (AvgIpc) is 3.38. The van der Waals surface area contributed by atoms with Gasteiger partial charge in [-0.25, -0.2) is 4.98 Å². The Hall–Kier alpha value is -4.37. The lowest BCUT2D eigenvalue weighted by atomic mass is 9.82. The van der Waals surface area contributed by atoms with Crippen LogP contribution < -0.4 is 5.32 Å². The first-order chi connectivity index (χ1) is 17.1. The number of para-hydroxylation sites is 1. The molecule has 168 valence electrons. The minimum Gasteiger partial charge on any atom is -0.437 e. The first-order valence-electron chi connectivity index (χ1n) is 12.0. The van der Waals surface area contributed by atoms with E-state index in [2.05, 4.69) is 115 Å². The first-order valence-corrected chi connectivity index (χ1v) is 12.0. The van der Waals surface area contributed by atoms with Crippen molar-refractivity contribution in [3.63, 3.8) is 0 Å². The van der Waals surface area contributed by atoms with Crippen LogP contribution in [0.4, 0.5) is 11.4 Å². The van der Waals surface area contributed by atoms with E-state index in [1.165, 1.54) is 22.3 Å². The van der Waals surface area contributed by atoms with Gasteiger partial charge in [-0.15, -0.1) is 0 Å². The van der Waals surface area contributed by atoms with Gasteiger partial charge < -0.3 is 9.73 Å². The van der Waals surface area contributed by atoms with Crippen molar-refractivity contribution < 1.29 is 4.42 Å². The molecule has 0 fully saturated rings. The molecule has 35 heavy (non-hydrogen) atoms. The van der Waals surface area contributed by atoms with E-state index in [1.54, 1.807) is 6.20 Å². The van der Waals surface area contributed by atoms with Crippen molar-refractivity contribution in [1.82, 2.24) is 4.98 Å². The molecular formula is C32H24N2O. The molecule has 4 aromatic carbocycles. The Morgan fingerprint density at radius 2 is 1.43 bits per heavy atom. The third-order valence-corrected chi connectivity index (χ3v) is 7.36. The van der Waals surface area contributed by atoms with Crippen molar-refractivity contribution in [3.8, 4) is 22.3 Å². The van der Waals surface area contributed by atoms with Gasteiger partial charge in [-0.3, -0.25) is 0 Å². The van der Waals surface area contributed by atoms with E-state index in [9.17, 15) is 0 Å². The molecule has 1 aliphatic rings. The summed E-state index contributed by atoms with van der Waals surface area (Å²) in [4.78, 5) is 4.39. The maximum atomic E-state index is 6.14. The molecule has 7 rings (SSSR count). The number of furan rings is 1. The molecule has 0 radical (unpaired) electrons. The van der Waals surface area contributed by atoms with Crippen LogP contribution in [0.25, 0.3) is 44.3 Å². The summed E-state index contributed by atoms with van der Waals surface area (Å²) in [6.45, 7) is 4.62. The van der Waals surface area contributed by atoms with Crippen LogP contribution >= 0.6 is 0 Å². The van der Waals surface area contributed by atoms with E-state index >= 15 is 0 Å². The Morgan fingerprint density at radius 3 is 2.31 bits per heavy atom. The van der Waals surface area contributed by atoms with Gasteiger partial charge in [-0.2, -0.15) is 0 Å². The third-order valence-electron chi connectivity index (χ3n) is 7.36. The number of fused-ring (bicyclic) bond motifs is 6. The van der Waals surface area contributed by atoms with Gasteiger partial charge in [0, 0.05) is 44.9 Å². The van der Waals surface area contributed by atoms with Crippen molar-refractivity contribution in [3.05, 3.63) is 114 Å². The highest BCUT2D eigenvalue weighted by Crippen LogP contribution is 2.51. The minimum atomic E-state index is -0.00635. The van der Waals surface area contributed by atoms with Crippen molar-refractivity contribution in [2.24, 2.45) is 0 Å². The zero-order chi connectivity index (χ0) is 23.6. The van der Waals surface area contributed by atoms with E-state index in [4.69, 9.17) is 4.42 Å². The fourth-order valence-corrected chi connectivity index (χ4v) is 5.61. The summed E-state index contributed by atoms with van der Waals surface area (Å²) in [7, 11) is 0. The van der Waals surface area contributed by atoms with Gasteiger partial charge in [0.25, 0.3) is 0 Å². The Bertz CT molecular complexity index is 1740. The molecule has 0 saturated heterocycles. The van der Waals surface area contributed by atoms with Gasteiger partial charge in [0.15, 0.2) is 0 Å². The Kier molecular flexibility index (Phi) is 4.19. The molecule has 0 unspecified atom stereocenters. The van der Waals surface area contributed by atoms with Gasteiger partial charge in [-0.05, 0) is 52.6 Å². The highest BCUT2D eigenvalue weighted by molar-refractivity contribution is 6.08. The second-order valence-electron chi connectivity index (χ2n) is 9.74. The van der Waals surface area contributed by atoms with Crippen LogP contribution in [0.3, 0.4) is 0 Å². The van der Waals surface area contributed by atoms with Crippen LogP contribution in [0.5, 0.6) is 0 Å². The van der Waals surface area contributed by atoms with Crippen molar-refractivity contribution >= 4 is 33.4 Å². The SMILES string of the molecule is CC1(C)c2ccccc2-c2c(Nc3ccc(-c4cccc5c4oc4ncccc45)cc3)cccc21. The number of nitrogens with zero attached hydrogens (tertiary/aromatic N) is 1. The highest BCUT2D eigenvalue weighted by Gasteiger charge is 2.36. The Morgan fingerprint density at radius 1 is 0.686 bits per heavy atom. The van der Waals surface area contributed by atoms with Crippen LogP contribution in [0.2, 0.25) is 0 Å². The van der Waals surface area contributed by atoms with Gasteiger partial charge in [0.2, 0.25) is 5.71 Å². The van der Waals surface area contributed by atoms with Crippen molar-refractivity contribution in [2.45, 2.75) is 19.3 Å². The van der Waals surface area contributed by atoms with Gasteiger partial charge in [-0.1, -0.05) is 80.6 Å². The zero-order valence-electron chi connectivity index (χ0n) is 19.7. The summed E-state index contributed by atoms with van der Waals surface area (Å²) in [6, 6.07) is 34.2. The number of hydrogen-bond acceptors (Lipinski definition) is 3. The van der Waals surface area contributed by atoms with E-state index in [1.807, 2.05) is 6.07 Å². The van der Waals surface area contributed by atoms with Gasteiger partial charge in [0.1, 0.15) is 5.58 Å². The standard InChI is InChI=1S/C32H24N2O/c1-32(2)26-12-4-3-8-25(26)29-27(32)13-6-14-28(29)34-21-17-15-20(16-18-21)22-9-5-10-23-24-11-7-19-33-31(24)35-30(22)23/h3-19,34H,1-2H3. The number of benzene rings is 4. The lowest BCUT2D eigenvalue weighted by molar-refractivity contribution is 0.655. The minimum absolute atomic E-state index is 0.00635. The van der Waals surface area contributed by atoms with Crippen LogP contribution in [0, 0.1) is 0 Å². The number of pyridine rings is 1. The lowest BCUT2D eigenvalue weighted by Crippen LogP contribution is -2.14. The van der Waals surface area contributed by atoms with E-state index in [0.29, 0.717) is 5.71 Å². The monoisotopic (exact) mass is 452 g/mol. The second kappa shape index (κ2) is 7.31. The largest absolute Gasteiger partial charge is 0.437 e. The molecule has 3 nitrogen and oxygen atoms in total. The lowest BCUT2D eigenvalue weighted by Gasteiger charge is -2.21. The molecule has 3 heteroatoms. The van der Waals surface area contributed by atoms with Gasteiger partial charge >= 0.3 is 0 Å². The molecule has 0 bridgehead atoms. The fourth-order valence-electron chi connectivity index (χ4n) is 5.61. The molecule has 0 spiro atoms. The molecular weight excluding hydrogens is 428 g/mol. The Labute approximate surface area is 204 Å². The predicted molar refractivity (Wildman–Crippen MR) is 144 cm³/mol. The van der Waals surface area contributed by atoms with E-state index < -0.39 is 0 Å². The first kappa shape index (κ1) is 20.0. The quantitative estimate of drug-likeness (QED) is 0.292. The summed E-state index contributed by atoms with van der Waals surface area (Å²) >= 11 is 0. The Balaban J connectivity index is 1.27. The molecule has 1 N–H and O–H groups in total. The third kappa shape index (κ3) is 2.95. The molecule has 0 saturated carbocycles. The van der Waals surface area contributed by atoms with E-state index in [0.717, 1.165) is 38.9 Å². The molecule has 0 aliphatic heterocycles. The summed E-state index contributed by atoms with van der Waals surface area (Å²) in [5.74, 6) is 0. The van der Waals surface area contributed by atoms with Gasteiger partial charge in [0.05, 0.1) is 0 Å². The zero-order valence-corrected chi connectivity index (χ0v) is 19.7. The summed E-state index contributed by atoms with van der Waals surface area (Å²) in [5.41, 5.74) is 11.3.